The van der Waals surface area contributed by atoms with Crippen molar-refractivity contribution in [1.29, 1.82) is 0 Å². The zero-order chi connectivity index (χ0) is 28.8. The highest BCUT2D eigenvalue weighted by atomic mass is 16.5. The fraction of sp³-hybridized carbons (Fsp3) is 0.483. The summed E-state index contributed by atoms with van der Waals surface area (Å²) in [6.45, 7) is 9.07. The molecule has 2 atom stereocenters. The number of hydrogen-bond acceptors (Lipinski definition) is 8. The molecule has 1 heterocycles. The molecule has 0 aromatic heterocycles. The number of carbonyl (C=O) groups is 2. The van der Waals surface area contributed by atoms with Crippen LogP contribution < -0.4 is 32.2 Å². The van der Waals surface area contributed by atoms with E-state index in [-0.39, 0.29) is 17.7 Å². The second kappa shape index (κ2) is 21.6. The number of dihydropyridines is 1. The van der Waals surface area contributed by atoms with Gasteiger partial charge in [-0.1, -0.05) is 57.5 Å². The highest BCUT2D eigenvalue weighted by Crippen LogP contribution is 2.17. The SMILES string of the molecule is CC.CCCC/C(N)=C/C(C=O)=N/C1=CC=CC(CNC(=O)C(C)N)N1.CNCCc1ccccc1OC. The second-order valence-corrected chi connectivity index (χ2v) is 8.36. The van der Waals surface area contributed by atoms with Crippen molar-refractivity contribution in [3.63, 3.8) is 0 Å². The molecular formula is C29H48N6O3. The minimum Gasteiger partial charge on any atom is -0.496 e. The summed E-state index contributed by atoms with van der Waals surface area (Å²) in [4.78, 5) is 27.0. The molecule has 2 unspecified atom stereocenters. The van der Waals surface area contributed by atoms with Crippen molar-refractivity contribution in [3.05, 3.63) is 65.7 Å². The van der Waals surface area contributed by atoms with Crippen molar-refractivity contribution in [2.75, 3.05) is 27.2 Å². The number of ether oxygens (including phenoxy) is 1. The average Bonchev–Trinajstić information content (AvgIpc) is 2.95. The van der Waals surface area contributed by atoms with Gasteiger partial charge in [-0.15, -0.1) is 0 Å². The van der Waals surface area contributed by atoms with Gasteiger partial charge in [-0.2, -0.15) is 0 Å². The van der Waals surface area contributed by atoms with Crippen LogP contribution in [0.5, 0.6) is 5.75 Å². The van der Waals surface area contributed by atoms with Gasteiger partial charge in [-0.25, -0.2) is 4.99 Å². The van der Waals surface area contributed by atoms with Crippen LogP contribution in [0.15, 0.2) is 65.1 Å². The van der Waals surface area contributed by atoms with E-state index in [1.54, 1.807) is 26.2 Å². The fourth-order valence-corrected chi connectivity index (χ4v) is 3.17. The number of para-hydroxylation sites is 1. The molecule has 38 heavy (non-hydrogen) atoms. The third kappa shape index (κ3) is 15.0. The Bertz CT molecular complexity index is 938. The van der Waals surface area contributed by atoms with Gasteiger partial charge in [0.25, 0.3) is 0 Å². The normalized spacial score (nSPS) is 15.4. The van der Waals surface area contributed by atoms with Crippen molar-refractivity contribution in [2.45, 2.75) is 65.5 Å². The molecule has 0 fully saturated rings. The molecule has 1 aromatic rings. The molecule has 1 amide bonds. The summed E-state index contributed by atoms with van der Waals surface area (Å²) in [6.07, 6.45) is 11.5. The van der Waals surface area contributed by atoms with E-state index in [0.29, 0.717) is 24.3 Å². The van der Waals surface area contributed by atoms with Crippen molar-refractivity contribution in [2.24, 2.45) is 16.5 Å². The number of aliphatic imine (C=N–C) groups is 1. The summed E-state index contributed by atoms with van der Waals surface area (Å²) in [5, 5.41) is 8.98. The molecule has 0 saturated carbocycles. The summed E-state index contributed by atoms with van der Waals surface area (Å²) >= 11 is 0. The van der Waals surface area contributed by atoms with Gasteiger partial charge in [0.1, 0.15) is 17.3 Å². The van der Waals surface area contributed by atoms with Crippen LogP contribution in [-0.2, 0) is 16.0 Å². The first-order valence-corrected chi connectivity index (χ1v) is 13.3. The van der Waals surface area contributed by atoms with Crippen LogP contribution in [-0.4, -0.2) is 57.2 Å². The van der Waals surface area contributed by atoms with E-state index in [4.69, 9.17) is 16.2 Å². The minimum atomic E-state index is -0.552. The van der Waals surface area contributed by atoms with Crippen LogP contribution in [0.3, 0.4) is 0 Å². The van der Waals surface area contributed by atoms with E-state index in [0.717, 1.165) is 38.0 Å². The monoisotopic (exact) mass is 528 g/mol. The van der Waals surface area contributed by atoms with E-state index < -0.39 is 6.04 Å². The van der Waals surface area contributed by atoms with Crippen LogP contribution in [0, 0.1) is 0 Å². The Hall–Kier alpha value is -3.43. The average molecular weight is 529 g/mol. The number of unbranched alkanes of at least 4 members (excludes halogenated alkanes) is 1. The number of carbonyl (C=O) groups excluding carboxylic acids is 2. The van der Waals surface area contributed by atoms with Gasteiger partial charge in [-0.3, -0.25) is 9.59 Å². The van der Waals surface area contributed by atoms with Crippen LogP contribution in [0.1, 0.15) is 52.5 Å². The molecule has 7 N–H and O–H groups in total. The lowest BCUT2D eigenvalue weighted by Crippen LogP contribution is -2.45. The maximum atomic E-state index is 11.5. The molecule has 0 saturated heterocycles. The molecule has 0 spiro atoms. The van der Waals surface area contributed by atoms with Crippen LogP contribution in [0.25, 0.3) is 0 Å². The minimum absolute atomic E-state index is 0.120. The lowest BCUT2D eigenvalue weighted by molar-refractivity contribution is -0.122. The molecule has 1 aliphatic heterocycles. The van der Waals surface area contributed by atoms with Crippen molar-refractivity contribution in [3.8, 4) is 5.75 Å². The third-order valence-corrected chi connectivity index (χ3v) is 5.20. The van der Waals surface area contributed by atoms with E-state index in [2.05, 4.69) is 33.9 Å². The van der Waals surface area contributed by atoms with Gasteiger partial charge in [0.05, 0.1) is 19.2 Å². The van der Waals surface area contributed by atoms with Gasteiger partial charge >= 0.3 is 0 Å². The largest absolute Gasteiger partial charge is 0.496 e. The van der Waals surface area contributed by atoms with Crippen LogP contribution in [0.2, 0.25) is 0 Å². The van der Waals surface area contributed by atoms with E-state index in [1.165, 1.54) is 5.56 Å². The Morgan fingerprint density at radius 1 is 1.29 bits per heavy atom. The highest BCUT2D eigenvalue weighted by molar-refractivity contribution is 6.34. The Balaban J connectivity index is 0.000000815. The number of rotatable bonds is 13. The number of methoxy groups -OCH3 is 1. The summed E-state index contributed by atoms with van der Waals surface area (Å²) in [5.41, 5.74) is 13.5. The molecule has 2 rings (SSSR count). The first-order valence-electron chi connectivity index (χ1n) is 13.3. The number of nitrogens with zero attached hydrogens (tertiary/aromatic N) is 1. The third-order valence-electron chi connectivity index (χ3n) is 5.20. The van der Waals surface area contributed by atoms with Gasteiger partial charge in [0.2, 0.25) is 5.91 Å². The quantitative estimate of drug-likeness (QED) is 0.196. The summed E-state index contributed by atoms with van der Waals surface area (Å²) in [6, 6.07) is 7.44. The Morgan fingerprint density at radius 3 is 2.61 bits per heavy atom. The Kier molecular flexibility index (Phi) is 19.7. The molecule has 1 aromatic carbocycles. The smallest absolute Gasteiger partial charge is 0.236 e. The predicted molar refractivity (Wildman–Crippen MR) is 158 cm³/mol. The number of benzene rings is 1. The van der Waals surface area contributed by atoms with Crippen molar-refractivity contribution < 1.29 is 14.3 Å². The van der Waals surface area contributed by atoms with E-state index in [1.807, 2.05) is 51.2 Å². The molecule has 1 aliphatic rings. The molecule has 0 bridgehead atoms. The van der Waals surface area contributed by atoms with Crippen molar-refractivity contribution in [1.82, 2.24) is 16.0 Å². The fourth-order valence-electron chi connectivity index (χ4n) is 3.17. The van der Waals surface area contributed by atoms with Gasteiger partial charge in [0.15, 0.2) is 6.29 Å². The van der Waals surface area contributed by atoms with Crippen LogP contribution in [0.4, 0.5) is 0 Å². The van der Waals surface area contributed by atoms with Crippen molar-refractivity contribution >= 4 is 17.9 Å². The molecule has 0 radical (unpaired) electrons. The molecule has 9 heteroatoms. The Morgan fingerprint density at radius 2 is 2.00 bits per heavy atom. The Labute approximate surface area is 228 Å². The second-order valence-electron chi connectivity index (χ2n) is 8.36. The maximum absolute atomic E-state index is 11.5. The highest BCUT2D eigenvalue weighted by Gasteiger charge is 2.13. The van der Waals surface area contributed by atoms with Gasteiger partial charge in [0, 0.05) is 12.2 Å². The first kappa shape index (κ1) is 34.6. The van der Waals surface area contributed by atoms with E-state index in [9.17, 15) is 9.59 Å². The number of hydrogen-bond donors (Lipinski definition) is 5. The number of nitrogens with two attached hydrogens (primary N) is 2. The topological polar surface area (TPSA) is 144 Å². The molecule has 9 nitrogen and oxygen atoms in total. The van der Waals surface area contributed by atoms with Gasteiger partial charge in [-0.05, 0) is 63.6 Å². The standard InChI is InChI=1S/C17H27N5O2.C10H15NO.C2H6/c1-3-4-6-13(19)9-15(11-23)22-16-8-5-7-14(21-16)10-20-17(24)12(2)18;1-11-8-7-9-5-3-4-6-10(9)12-2;1-2/h5,7-9,11-12,14,21H,3-4,6,10,18-19H2,1-2H3,(H,20,24);3-6,11H,7-8H2,1-2H3;1-2H3/b13-9-,22-15-;;. The predicted octanol–water partition coefficient (Wildman–Crippen LogP) is 2.98. The maximum Gasteiger partial charge on any atom is 0.236 e. The van der Waals surface area contributed by atoms with E-state index >= 15 is 0 Å². The molecular weight excluding hydrogens is 480 g/mol. The summed E-state index contributed by atoms with van der Waals surface area (Å²) < 4.78 is 5.21. The number of aldehydes is 1. The number of allylic oxidation sites excluding steroid dienone is 4. The zero-order valence-corrected chi connectivity index (χ0v) is 23.9. The summed E-state index contributed by atoms with van der Waals surface area (Å²) in [7, 11) is 3.66. The number of amides is 1. The lowest BCUT2D eigenvalue weighted by atomic mass is 10.1. The lowest BCUT2D eigenvalue weighted by Gasteiger charge is -2.20. The number of nitrogens with one attached hydrogen (secondary N) is 3. The zero-order valence-electron chi connectivity index (χ0n) is 23.9. The van der Waals surface area contributed by atoms with Crippen LogP contribution >= 0.6 is 0 Å². The summed E-state index contributed by atoms with van der Waals surface area (Å²) in [5.74, 6) is 1.30. The number of likely N-dealkylation sites (N-methyl/N-ethyl adjacent to an activating group) is 1. The molecule has 0 aliphatic carbocycles. The first-order chi connectivity index (χ1) is 18.3. The molecule has 212 valence electrons. The van der Waals surface area contributed by atoms with Gasteiger partial charge < -0.3 is 32.2 Å².